The Morgan fingerprint density at radius 3 is 2.67 bits per heavy atom. The van der Waals surface area contributed by atoms with E-state index >= 15 is 0 Å². The molecule has 0 fully saturated rings. The van der Waals surface area contributed by atoms with Gasteiger partial charge in [-0.05, 0) is 18.6 Å². The minimum atomic E-state index is -4.38. The van der Waals surface area contributed by atoms with Crippen LogP contribution >= 0.6 is 7.82 Å². The van der Waals surface area contributed by atoms with E-state index in [0.29, 0.717) is 5.56 Å². The molecule has 1 aromatic rings. The van der Waals surface area contributed by atoms with Gasteiger partial charge in [-0.1, -0.05) is 18.2 Å². The molecule has 8 heteroatoms. The SMILES string of the molecule is Cc1ccccc1OP(=O)(O)OC[C@H](N)C(=O)O. The lowest BCUT2D eigenvalue weighted by molar-refractivity contribution is -0.139. The largest absolute Gasteiger partial charge is 0.527 e. The van der Waals surface area contributed by atoms with Gasteiger partial charge in [-0.25, -0.2) is 4.57 Å². The molecule has 0 bridgehead atoms. The predicted molar refractivity (Wildman–Crippen MR) is 63.2 cm³/mol. The number of hydrogen-bond donors (Lipinski definition) is 3. The Hall–Kier alpha value is -1.40. The summed E-state index contributed by atoms with van der Waals surface area (Å²) in [6.07, 6.45) is 0. The zero-order chi connectivity index (χ0) is 13.8. The first-order chi connectivity index (χ1) is 8.32. The molecular formula is C10H14NO6P. The molecule has 0 aliphatic rings. The van der Waals surface area contributed by atoms with Crippen LogP contribution in [0, 0.1) is 6.92 Å². The van der Waals surface area contributed by atoms with Gasteiger partial charge in [0.15, 0.2) is 0 Å². The summed E-state index contributed by atoms with van der Waals surface area (Å²) in [5.41, 5.74) is 5.79. The number of aryl methyl sites for hydroxylation is 1. The number of hydrogen-bond acceptors (Lipinski definition) is 5. The van der Waals surface area contributed by atoms with E-state index in [4.69, 9.17) is 15.4 Å². The number of aliphatic carboxylic acids is 1. The van der Waals surface area contributed by atoms with Crippen LogP contribution in [-0.2, 0) is 13.9 Å². The maximum Gasteiger partial charge on any atom is 0.527 e. The molecule has 0 aliphatic heterocycles. The lowest BCUT2D eigenvalue weighted by Crippen LogP contribution is -2.34. The van der Waals surface area contributed by atoms with E-state index in [1.54, 1.807) is 25.1 Å². The first kappa shape index (κ1) is 14.7. The van der Waals surface area contributed by atoms with E-state index in [0.717, 1.165) is 0 Å². The van der Waals surface area contributed by atoms with Crippen molar-refractivity contribution in [3.8, 4) is 5.75 Å². The summed E-state index contributed by atoms with van der Waals surface area (Å²) in [5.74, 6) is -1.14. The molecule has 0 aliphatic carbocycles. The third-order valence-corrected chi connectivity index (χ3v) is 2.94. The quantitative estimate of drug-likeness (QED) is 0.660. The van der Waals surface area contributed by atoms with Crippen molar-refractivity contribution in [2.24, 2.45) is 5.73 Å². The molecule has 0 radical (unpaired) electrons. The van der Waals surface area contributed by atoms with Crippen LogP contribution < -0.4 is 10.3 Å². The van der Waals surface area contributed by atoms with Crippen molar-refractivity contribution >= 4 is 13.8 Å². The Balaban J connectivity index is 2.63. The molecule has 4 N–H and O–H groups in total. The first-order valence-electron chi connectivity index (χ1n) is 5.03. The third-order valence-electron chi connectivity index (χ3n) is 2.04. The fraction of sp³-hybridized carbons (Fsp3) is 0.300. The highest BCUT2D eigenvalue weighted by molar-refractivity contribution is 7.47. The monoisotopic (exact) mass is 275 g/mol. The third kappa shape index (κ3) is 4.46. The lowest BCUT2D eigenvalue weighted by Gasteiger charge is -2.15. The van der Waals surface area contributed by atoms with Crippen molar-refractivity contribution in [1.29, 1.82) is 0 Å². The number of phosphoric acid groups is 1. The smallest absolute Gasteiger partial charge is 0.480 e. The summed E-state index contributed by atoms with van der Waals surface area (Å²) in [6, 6.07) is 5.18. The summed E-state index contributed by atoms with van der Waals surface area (Å²) in [5, 5.41) is 8.50. The predicted octanol–water partition coefficient (Wildman–Crippen LogP) is 0.903. The maximum absolute atomic E-state index is 11.5. The molecule has 0 heterocycles. The number of carbonyl (C=O) groups is 1. The van der Waals surface area contributed by atoms with E-state index in [1.165, 1.54) is 6.07 Å². The minimum Gasteiger partial charge on any atom is -0.480 e. The zero-order valence-electron chi connectivity index (χ0n) is 9.65. The van der Waals surface area contributed by atoms with Gasteiger partial charge in [0, 0.05) is 0 Å². The highest BCUT2D eigenvalue weighted by atomic mass is 31.2. The van der Waals surface area contributed by atoms with Gasteiger partial charge in [-0.2, -0.15) is 0 Å². The van der Waals surface area contributed by atoms with E-state index < -0.39 is 26.4 Å². The molecule has 0 aromatic heterocycles. The van der Waals surface area contributed by atoms with Crippen molar-refractivity contribution in [2.45, 2.75) is 13.0 Å². The Morgan fingerprint density at radius 1 is 1.50 bits per heavy atom. The molecule has 0 saturated carbocycles. The van der Waals surface area contributed by atoms with Gasteiger partial charge in [0.05, 0.1) is 6.61 Å². The van der Waals surface area contributed by atoms with Crippen LogP contribution in [0.4, 0.5) is 0 Å². The number of rotatable bonds is 6. The minimum absolute atomic E-state index is 0.187. The summed E-state index contributed by atoms with van der Waals surface area (Å²) < 4.78 is 20.8. The molecule has 1 unspecified atom stereocenters. The number of phosphoric ester groups is 1. The maximum atomic E-state index is 11.5. The second kappa shape index (κ2) is 5.97. The van der Waals surface area contributed by atoms with E-state index in [9.17, 15) is 14.3 Å². The Morgan fingerprint density at radius 2 is 2.11 bits per heavy atom. The lowest BCUT2D eigenvalue weighted by atomic mass is 10.2. The molecule has 100 valence electrons. The number of carboxylic acids is 1. The van der Waals surface area contributed by atoms with Gasteiger partial charge in [0.2, 0.25) is 0 Å². The van der Waals surface area contributed by atoms with Crippen LogP contribution in [0.1, 0.15) is 5.56 Å². The van der Waals surface area contributed by atoms with Crippen LogP contribution in [0.15, 0.2) is 24.3 Å². The average molecular weight is 275 g/mol. The molecular weight excluding hydrogens is 261 g/mol. The molecule has 1 rings (SSSR count). The number of nitrogens with two attached hydrogens (primary N) is 1. The summed E-state index contributed by atoms with van der Waals surface area (Å²) in [7, 11) is -4.38. The second-order valence-corrected chi connectivity index (χ2v) is 4.94. The highest BCUT2D eigenvalue weighted by Gasteiger charge is 2.26. The number of benzene rings is 1. The molecule has 0 spiro atoms. The Kier molecular flexibility index (Phi) is 4.86. The van der Waals surface area contributed by atoms with E-state index in [-0.39, 0.29) is 5.75 Å². The highest BCUT2D eigenvalue weighted by Crippen LogP contribution is 2.44. The molecule has 7 nitrogen and oxygen atoms in total. The normalized spacial score (nSPS) is 15.7. The van der Waals surface area contributed by atoms with Gasteiger partial charge in [0.25, 0.3) is 0 Å². The van der Waals surface area contributed by atoms with Crippen LogP contribution in [0.25, 0.3) is 0 Å². The standard InChI is InChI=1S/C10H14NO6P/c1-7-4-2-3-5-9(7)17-18(14,15)16-6-8(11)10(12)13/h2-5,8H,6,11H2,1H3,(H,12,13)(H,14,15)/t8-/m0/s1. The van der Waals surface area contributed by atoms with E-state index in [2.05, 4.69) is 4.52 Å². The first-order valence-corrected chi connectivity index (χ1v) is 6.52. The summed E-state index contributed by atoms with van der Waals surface area (Å²) in [4.78, 5) is 19.8. The molecule has 18 heavy (non-hydrogen) atoms. The topological polar surface area (TPSA) is 119 Å². The number of carboxylic acid groups (broad SMARTS) is 1. The fourth-order valence-corrected chi connectivity index (χ4v) is 1.91. The van der Waals surface area contributed by atoms with Crippen molar-refractivity contribution in [2.75, 3.05) is 6.61 Å². The van der Waals surface area contributed by atoms with Crippen molar-refractivity contribution in [1.82, 2.24) is 0 Å². The van der Waals surface area contributed by atoms with Crippen LogP contribution in [0.2, 0.25) is 0 Å². The summed E-state index contributed by atoms with van der Waals surface area (Å²) >= 11 is 0. The molecule has 2 atom stereocenters. The van der Waals surface area contributed by atoms with E-state index in [1.807, 2.05) is 0 Å². The average Bonchev–Trinajstić information content (AvgIpc) is 2.29. The molecule has 1 aromatic carbocycles. The Labute approximate surface area is 104 Å². The van der Waals surface area contributed by atoms with Gasteiger partial charge in [-0.15, -0.1) is 0 Å². The Bertz CT molecular complexity index is 477. The summed E-state index contributed by atoms with van der Waals surface area (Å²) in [6.45, 7) is 1.08. The van der Waals surface area contributed by atoms with Crippen LogP contribution in [0.3, 0.4) is 0 Å². The van der Waals surface area contributed by atoms with Crippen LogP contribution in [0.5, 0.6) is 5.75 Å². The van der Waals surface area contributed by atoms with Crippen molar-refractivity contribution in [3.05, 3.63) is 29.8 Å². The second-order valence-electron chi connectivity index (χ2n) is 3.57. The fourth-order valence-electron chi connectivity index (χ4n) is 1.06. The van der Waals surface area contributed by atoms with Gasteiger partial charge >= 0.3 is 13.8 Å². The molecule has 0 amide bonds. The van der Waals surface area contributed by atoms with Crippen molar-refractivity contribution in [3.63, 3.8) is 0 Å². The number of para-hydroxylation sites is 1. The molecule has 0 saturated heterocycles. The van der Waals surface area contributed by atoms with Gasteiger partial charge < -0.3 is 15.4 Å². The van der Waals surface area contributed by atoms with Gasteiger partial charge in [-0.3, -0.25) is 14.2 Å². The van der Waals surface area contributed by atoms with Crippen LogP contribution in [-0.4, -0.2) is 28.6 Å². The van der Waals surface area contributed by atoms with Crippen molar-refractivity contribution < 1.29 is 28.4 Å². The zero-order valence-corrected chi connectivity index (χ0v) is 10.5. The van der Waals surface area contributed by atoms with Gasteiger partial charge in [0.1, 0.15) is 11.8 Å².